The summed E-state index contributed by atoms with van der Waals surface area (Å²) in [5.41, 5.74) is 16.7. The van der Waals surface area contributed by atoms with Crippen LogP contribution in [0.4, 0.5) is 17.1 Å². The lowest BCUT2D eigenvalue weighted by atomic mass is 9.62. The topological polar surface area (TPSA) is 22.3 Å². The standard InChI is InChI=1S/C61H39N3O/c1-3-16-40(17-4-1)41-30-32-43(33-31-41)62(44-35-37-56-49(38-44)47-21-8-11-26-54(47)63(56)42-18-5-2-6-19-42)45-34-36-52-59(39-45)65-58-29-14-10-24-51(58)61(52)50-23-9-13-28-57(50)64-55-27-12-7-20-46(55)48-22-15-25-53(61)60(48)64/h1-39H. The zero-order chi connectivity index (χ0) is 42.6. The Morgan fingerprint density at radius 2 is 0.892 bits per heavy atom. The molecule has 4 heterocycles. The highest BCUT2D eigenvalue weighted by Gasteiger charge is 2.50. The Morgan fingerprint density at radius 1 is 0.338 bits per heavy atom. The third kappa shape index (κ3) is 5.02. The predicted octanol–water partition coefficient (Wildman–Crippen LogP) is 15.8. The summed E-state index contributed by atoms with van der Waals surface area (Å²) < 4.78 is 12.0. The van der Waals surface area contributed by atoms with Crippen LogP contribution in [0, 0.1) is 0 Å². The summed E-state index contributed by atoms with van der Waals surface area (Å²) in [6.45, 7) is 0. The third-order valence-corrected chi connectivity index (χ3v) is 13.9. The Bertz CT molecular complexity index is 3860. The van der Waals surface area contributed by atoms with Crippen molar-refractivity contribution in [3.05, 3.63) is 259 Å². The number of benzene rings is 10. The molecule has 1 atom stereocenters. The predicted molar refractivity (Wildman–Crippen MR) is 267 cm³/mol. The number of fused-ring (bicyclic) bond motifs is 14. The maximum absolute atomic E-state index is 7.15. The van der Waals surface area contributed by atoms with Crippen molar-refractivity contribution in [2.75, 3.05) is 4.90 Å². The maximum Gasteiger partial charge on any atom is 0.134 e. The number of hydrogen-bond acceptors (Lipinski definition) is 2. The van der Waals surface area contributed by atoms with Crippen LogP contribution in [0.5, 0.6) is 11.5 Å². The van der Waals surface area contributed by atoms with Gasteiger partial charge in [0.1, 0.15) is 11.5 Å². The van der Waals surface area contributed by atoms with Crippen molar-refractivity contribution in [3.63, 3.8) is 0 Å². The van der Waals surface area contributed by atoms with Gasteiger partial charge in [0.05, 0.1) is 33.2 Å². The molecule has 4 heteroatoms. The lowest BCUT2D eigenvalue weighted by Crippen LogP contribution is -2.37. The molecular formula is C61H39N3O. The fourth-order valence-corrected chi connectivity index (χ4v) is 11.3. The number of nitrogens with zero attached hydrogens (tertiary/aromatic N) is 3. The summed E-state index contributed by atoms with van der Waals surface area (Å²) >= 11 is 0. The molecule has 12 aromatic rings. The van der Waals surface area contributed by atoms with Crippen molar-refractivity contribution in [3.8, 4) is 34.0 Å². The van der Waals surface area contributed by atoms with E-state index in [9.17, 15) is 0 Å². The molecule has 0 saturated carbocycles. The number of aromatic nitrogens is 2. The van der Waals surface area contributed by atoms with Crippen molar-refractivity contribution in [1.29, 1.82) is 0 Å². The van der Waals surface area contributed by atoms with Gasteiger partial charge in [0.2, 0.25) is 0 Å². The SMILES string of the molecule is c1ccc(-c2ccc(N(c3ccc4c(c3)Oc3ccccc3C43c4ccccc4-n4c5ccccc5c5cccc3c54)c3ccc4c(c3)c3ccccc3n4-c3ccccc3)cc2)cc1. The fourth-order valence-electron chi connectivity index (χ4n) is 11.3. The van der Waals surface area contributed by atoms with Gasteiger partial charge in [-0.1, -0.05) is 158 Å². The Kier molecular flexibility index (Phi) is 7.57. The first-order chi connectivity index (χ1) is 32.3. The highest BCUT2D eigenvalue weighted by atomic mass is 16.5. The van der Waals surface area contributed by atoms with Gasteiger partial charge in [-0.3, -0.25) is 0 Å². The van der Waals surface area contributed by atoms with Crippen LogP contribution >= 0.6 is 0 Å². The molecule has 2 aliphatic heterocycles. The average Bonchev–Trinajstić information content (AvgIpc) is 3.89. The number of para-hydroxylation sites is 6. The van der Waals surface area contributed by atoms with Gasteiger partial charge in [0.15, 0.2) is 0 Å². The van der Waals surface area contributed by atoms with E-state index in [-0.39, 0.29) is 0 Å². The summed E-state index contributed by atoms with van der Waals surface area (Å²) in [6, 6.07) is 86.0. The monoisotopic (exact) mass is 829 g/mol. The smallest absolute Gasteiger partial charge is 0.134 e. The lowest BCUT2D eigenvalue weighted by molar-refractivity contribution is 0.434. The van der Waals surface area contributed by atoms with Crippen molar-refractivity contribution in [2.45, 2.75) is 5.41 Å². The number of hydrogen-bond donors (Lipinski definition) is 0. The molecule has 0 aliphatic carbocycles. The molecule has 0 bridgehead atoms. The van der Waals surface area contributed by atoms with Crippen LogP contribution in [0.1, 0.15) is 22.3 Å². The second kappa shape index (κ2) is 13.7. The molecule has 10 aromatic carbocycles. The largest absolute Gasteiger partial charge is 0.457 e. The highest BCUT2D eigenvalue weighted by Crippen LogP contribution is 2.61. The molecule has 2 aliphatic rings. The normalized spacial score (nSPS) is 14.6. The van der Waals surface area contributed by atoms with Gasteiger partial charge in [-0.25, -0.2) is 0 Å². The minimum atomic E-state index is -0.649. The second-order valence-electron chi connectivity index (χ2n) is 17.2. The molecular weight excluding hydrogens is 791 g/mol. The van der Waals surface area contributed by atoms with E-state index in [1.807, 2.05) is 0 Å². The average molecular weight is 830 g/mol. The quantitative estimate of drug-likeness (QED) is 0.172. The Morgan fingerprint density at radius 3 is 1.71 bits per heavy atom. The minimum absolute atomic E-state index is 0.649. The molecule has 0 radical (unpaired) electrons. The number of rotatable bonds is 5. The summed E-state index contributed by atoms with van der Waals surface area (Å²) in [7, 11) is 0. The van der Waals surface area contributed by atoms with Crippen LogP contribution in [-0.2, 0) is 5.41 Å². The molecule has 1 spiro atoms. The van der Waals surface area contributed by atoms with E-state index in [1.54, 1.807) is 0 Å². The Balaban J connectivity index is 1.02. The van der Waals surface area contributed by atoms with Gasteiger partial charge in [-0.2, -0.15) is 0 Å². The van der Waals surface area contributed by atoms with E-state index in [1.165, 1.54) is 66.0 Å². The summed E-state index contributed by atoms with van der Waals surface area (Å²) in [5, 5.41) is 4.91. The van der Waals surface area contributed by atoms with E-state index < -0.39 is 5.41 Å². The maximum atomic E-state index is 7.15. The molecule has 4 nitrogen and oxygen atoms in total. The molecule has 0 amide bonds. The van der Waals surface area contributed by atoms with Crippen LogP contribution < -0.4 is 9.64 Å². The molecule has 0 N–H and O–H groups in total. The van der Waals surface area contributed by atoms with Crippen LogP contribution in [-0.4, -0.2) is 9.13 Å². The first kappa shape index (κ1) is 35.9. The van der Waals surface area contributed by atoms with Gasteiger partial charge in [0.25, 0.3) is 0 Å². The van der Waals surface area contributed by atoms with Crippen LogP contribution in [0.25, 0.3) is 66.1 Å². The van der Waals surface area contributed by atoms with Gasteiger partial charge >= 0.3 is 0 Å². The van der Waals surface area contributed by atoms with Gasteiger partial charge in [-0.05, 0) is 95.1 Å². The van der Waals surface area contributed by atoms with E-state index >= 15 is 0 Å². The molecule has 304 valence electrons. The van der Waals surface area contributed by atoms with Crippen molar-refractivity contribution in [1.82, 2.24) is 9.13 Å². The summed E-state index contributed by atoms with van der Waals surface area (Å²) in [4.78, 5) is 2.38. The number of anilines is 3. The van der Waals surface area contributed by atoms with Crippen molar-refractivity contribution in [2.24, 2.45) is 0 Å². The lowest BCUT2D eigenvalue weighted by Gasteiger charge is -2.45. The van der Waals surface area contributed by atoms with E-state index in [0.717, 1.165) is 50.9 Å². The third-order valence-electron chi connectivity index (χ3n) is 13.9. The molecule has 1 unspecified atom stereocenters. The zero-order valence-corrected chi connectivity index (χ0v) is 35.3. The first-order valence-corrected chi connectivity index (χ1v) is 22.3. The fraction of sp³-hybridized carbons (Fsp3) is 0.0164. The number of ether oxygens (including phenoxy) is 1. The molecule has 0 saturated heterocycles. The first-order valence-electron chi connectivity index (χ1n) is 22.3. The summed E-state index contributed by atoms with van der Waals surface area (Å²) in [6.07, 6.45) is 0. The molecule has 65 heavy (non-hydrogen) atoms. The van der Waals surface area contributed by atoms with Crippen molar-refractivity contribution >= 4 is 60.7 Å². The van der Waals surface area contributed by atoms with Gasteiger partial charge in [-0.15, -0.1) is 0 Å². The Hall–Kier alpha value is -8.60. The minimum Gasteiger partial charge on any atom is -0.457 e. The zero-order valence-electron chi connectivity index (χ0n) is 35.3. The molecule has 14 rings (SSSR count). The van der Waals surface area contributed by atoms with Crippen molar-refractivity contribution < 1.29 is 4.74 Å². The van der Waals surface area contributed by atoms with Crippen LogP contribution in [0.15, 0.2) is 237 Å². The van der Waals surface area contributed by atoms with Gasteiger partial charge < -0.3 is 18.8 Å². The summed E-state index contributed by atoms with van der Waals surface area (Å²) in [5.74, 6) is 1.70. The molecule has 0 fully saturated rings. The van der Waals surface area contributed by atoms with Crippen LogP contribution in [0.2, 0.25) is 0 Å². The highest BCUT2D eigenvalue weighted by molar-refractivity contribution is 6.13. The van der Waals surface area contributed by atoms with Crippen LogP contribution in [0.3, 0.4) is 0 Å². The molecule has 2 aromatic heterocycles. The van der Waals surface area contributed by atoms with E-state index in [2.05, 4.69) is 251 Å². The van der Waals surface area contributed by atoms with E-state index in [0.29, 0.717) is 0 Å². The Labute approximate surface area is 376 Å². The van der Waals surface area contributed by atoms with Gasteiger partial charge in [0, 0.05) is 61.5 Å². The van der Waals surface area contributed by atoms with E-state index in [4.69, 9.17) is 4.74 Å². The second-order valence-corrected chi connectivity index (χ2v) is 17.2.